The molecule has 0 bridgehead atoms. The second-order valence-electron chi connectivity index (χ2n) is 10.2. The number of rotatable bonds is 6. The van der Waals surface area contributed by atoms with Crippen LogP contribution in [0.4, 0.5) is 0 Å². The van der Waals surface area contributed by atoms with Crippen LogP contribution in [0.2, 0.25) is 0 Å². The van der Waals surface area contributed by atoms with Gasteiger partial charge in [-0.25, -0.2) is 0 Å². The third kappa shape index (κ3) is 8.73. The summed E-state index contributed by atoms with van der Waals surface area (Å²) in [7, 11) is 0. The number of hydrogen-bond acceptors (Lipinski definition) is 3. The molecule has 0 aliphatic carbocycles. The van der Waals surface area contributed by atoms with Gasteiger partial charge in [0.15, 0.2) is 6.29 Å². The number of hydrogen-bond donors (Lipinski definition) is 1. The molecule has 0 aromatic heterocycles. The van der Waals surface area contributed by atoms with E-state index in [1.54, 1.807) is 0 Å². The molecule has 0 spiro atoms. The number of benzene rings is 1. The topological polar surface area (TPSA) is 38.7 Å². The Morgan fingerprint density at radius 3 is 1.80 bits per heavy atom. The van der Waals surface area contributed by atoms with E-state index in [4.69, 9.17) is 9.47 Å². The summed E-state index contributed by atoms with van der Waals surface area (Å²) in [6.45, 7) is 19.6. The average molecular weight is 351 g/mol. The normalized spacial score (nSPS) is 15.8. The maximum absolute atomic E-state index is 9.88. The van der Waals surface area contributed by atoms with Crippen molar-refractivity contribution < 1.29 is 14.6 Å². The summed E-state index contributed by atoms with van der Waals surface area (Å²) in [6, 6.07) is 8.27. The zero-order chi connectivity index (χ0) is 19.5. The molecule has 0 saturated heterocycles. The quantitative estimate of drug-likeness (QED) is 0.662. The molecule has 0 aliphatic rings. The van der Waals surface area contributed by atoms with Crippen LogP contribution in [0.15, 0.2) is 24.3 Å². The summed E-state index contributed by atoms with van der Waals surface area (Å²) in [6.07, 6.45) is 0.206. The van der Waals surface area contributed by atoms with Crippen molar-refractivity contribution in [1.82, 2.24) is 0 Å². The molecule has 0 amide bonds. The molecule has 144 valence electrons. The van der Waals surface area contributed by atoms with Gasteiger partial charge >= 0.3 is 0 Å². The van der Waals surface area contributed by atoms with E-state index < -0.39 is 6.29 Å². The maximum Gasteiger partial charge on any atom is 0.189 e. The van der Waals surface area contributed by atoms with Crippen molar-refractivity contribution in [1.29, 1.82) is 0 Å². The summed E-state index contributed by atoms with van der Waals surface area (Å²) in [4.78, 5) is 0. The minimum absolute atomic E-state index is 0.126. The predicted octanol–water partition coefficient (Wildman–Crippen LogP) is 5.76. The first-order valence-corrected chi connectivity index (χ1v) is 9.26. The van der Waals surface area contributed by atoms with Gasteiger partial charge in [0, 0.05) is 0 Å². The minimum Gasteiger partial charge on any atom is -0.488 e. The van der Waals surface area contributed by atoms with Crippen LogP contribution in [0.25, 0.3) is 0 Å². The summed E-state index contributed by atoms with van der Waals surface area (Å²) in [5, 5.41) is 9.88. The van der Waals surface area contributed by atoms with Gasteiger partial charge in [0.1, 0.15) is 12.4 Å². The van der Waals surface area contributed by atoms with Gasteiger partial charge in [0.2, 0.25) is 0 Å². The highest BCUT2D eigenvalue weighted by Crippen LogP contribution is 2.43. The Kier molecular flexibility index (Phi) is 7.12. The van der Waals surface area contributed by atoms with Crippen LogP contribution in [0.1, 0.15) is 80.2 Å². The smallest absolute Gasteiger partial charge is 0.189 e. The fraction of sp³-hybridized carbons (Fsp3) is 0.727. The first-order valence-electron chi connectivity index (χ1n) is 9.26. The number of aliphatic hydroxyl groups excluding tert-OH is 1. The van der Waals surface area contributed by atoms with Gasteiger partial charge in [-0.15, -0.1) is 0 Å². The molecule has 3 heteroatoms. The summed E-state index contributed by atoms with van der Waals surface area (Å²) in [5.74, 6) is 1.24. The largest absolute Gasteiger partial charge is 0.488 e. The molecular formula is C22H38O3. The molecule has 0 fully saturated rings. The third-order valence-electron chi connectivity index (χ3n) is 4.03. The lowest BCUT2D eigenvalue weighted by Gasteiger charge is -2.36. The van der Waals surface area contributed by atoms with E-state index >= 15 is 0 Å². The molecule has 0 aliphatic heterocycles. The van der Waals surface area contributed by atoms with Crippen LogP contribution >= 0.6 is 0 Å². The standard InChI is InChI=1S/C22H38O3/c1-20(2,3)14-18(21(4,5)6)16-10-12-17(13-11-16)24-15-19(23)25-22(7,8)9/h10-13,18-19,23H,14-15H2,1-9H3. The second-order valence-corrected chi connectivity index (χ2v) is 10.2. The number of aliphatic hydroxyl groups is 1. The molecular weight excluding hydrogens is 312 g/mol. The van der Waals surface area contributed by atoms with Crippen molar-refractivity contribution in [3.05, 3.63) is 29.8 Å². The molecule has 1 N–H and O–H groups in total. The van der Waals surface area contributed by atoms with Gasteiger partial charge in [-0.1, -0.05) is 53.7 Å². The van der Waals surface area contributed by atoms with Crippen LogP contribution in [-0.4, -0.2) is 23.6 Å². The molecule has 1 aromatic rings. The zero-order valence-electron chi connectivity index (χ0n) is 17.6. The molecule has 25 heavy (non-hydrogen) atoms. The molecule has 2 unspecified atom stereocenters. The first-order chi connectivity index (χ1) is 11.2. The molecule has 1 rings (SSSR count). The molecule has 1 aromatic carbocycles. The van der Waals surface area contributed by atoms with E-state index in [0.717, 1.165) is 12.2 Å². The molecule has 3 nitrogen and oxygen atoms in total. The van der Waals surface area contributed by atoms with Gasteiger partial charge in [-0.3, -0.25) is 0 Å². The fourth-order valence-corrected chi connectivity index (χ4v) is 2.94. The first kappa shape index (κ1) is 22.0. The molecule has 0 radical (unpaired) electrons. The van der Waals surface area contributed by atoms with Crippen molar-refractivity contribution in [2.24, 2.45) is 10.8 Å². The van der Waals surface area contributed by atoms with E-state index in [1.165, 1.54) is 5.56 Å². The summed E-state index contributed by atoms with van der Waals surface area (Å²) in [5.41, 5.74) is 1.43. The van der Waals surface area contributed by atoms with E-state index in [9.17, 15) is 5.11 Å². The Morgan fingerprint density at radius 2 is 1.40 bits per heavy atom. The highest BCUT2D eigenvalue weighted by Gasteiger charge is 2.30. The van der Waals surface area contributed by atoms with Crippen molar-refractivity contribution in [3.8, 4) is 5.75 Å². The highest BCUT2D eigenvalue weighted by molar-refractivity contribution is 5.30. The van der Waals surface area contributed by atoms with E-state index in [-0.39, 0.29) is 23.0 Å². The van der Waals surface area contributed by atoms with Gasteiger partial charge in [0.25, 0.3) is 0 Å². The Labute approximate surface area is 154 Å². The van der Waals surface area contributed by atoms with Gasteiger partial charge in [0.05, 0.1) is 5.60 Å². The van der Waals surface area contributed by atoms with E-state index in [1.807, 2.05) is 32.9 Å². The van der Waals surface area contributed by atoms with Crippen LogP contribution < -0.4 is 4.74 Å². The summed E-state index contributed by atoms with van der Waals surface area (Å²) >= 11 is 0. The van der Waals surface area contributed by atoms with Gasteiger partial charge < -0.3 is 14.6 Å². The molecule has 0 heterocycles. The number of ether oxygens (including phenoxy) is 2. The van der Waals surface area contributed by atoms with E-state index in [0.29, 0.717) is 5.92 Å². The predicted molar refractivity (Wildman–Crippen MR) is 105 cm³/mol. The van der Waals surface area contributed by atoms with Crippen LogP contribution in [0.3, 0.4) is 0 Å². The van der Waals surface area contributed by atoms with Crippen molar-refractivity contribution in [3.63, 3.8) is 0 Å². The van der Waals surface area contributed by atoms with Crippen molar-refractivity contribution >= 4 is 0 Å². The lowest BCUT2D eigenvalue weighted by atomic mass is 9.69. The zero-order valence-corrected chi connectivity index (χ0v) is 17.6. The van der Waals surface area contributed by atoms with Gasteiger partial charge in [-0.05, 0) is 61.6 Å². The monoisotopic (exact) mass is 350 g/mol. The average Bonchev–Trinajstić information content (AvgIpc) is 2.39. The Hall–Kier alpha value is -1.06. The van der Waals surface area contributed by atoms with E-state index in [2.05, 4.69) is 53.7 Å². The Balaban J connectivity index is 2.76. The van der Waals surface area contributed by atoms with Gasteiger partial charge in [-0.2, -0.15) is 0 Å². The third-order valence-corrected chi connectivity index (χ3v) is 4.03. The lowest BCUT2D eigenvalue weighted by Crippen LogP contribution is -2.31. The highest BCUT2D eigenvalue weighted by atomic mass is 16.6. The summed E-state index contributed by atoms with van der Waals surface area (Å²) < 4.78 is 11.1. The van der Waals surface area contributed by atoms with Crippen LogP contribution in [0.5, 0.6) is 5.75 Å². The van der Waals surface area contributed by atoms with Crippen molar-refractivity contribution in [2.75, 3.05) is 6.61 Å². The Bertz CT molecular complexity index is 512. The Morgan fingerprint density at radius 1 is 0.880 bits per heavy atom. The lowest BCUT2D eigenvalue weighted by molar-refractivity contribution is -0.178. The SMILES string of the molecule is CC(C)(C)CC(c1ccc(OCC(O)OC(C)(C)C)cc1)C(C)(C)C. The maximum atomic E-state index is 9.88. The molecule has 2 atom stereocenters. The van der Waals surface area contributed by atoms with Crippen LogP contribution in [-0.2, 0) is 4.74 Å². The minimum atomic E-state index is -0.928. The van der Waals surface area contributed by atoms with Crippen molar-refractivity contribution in [2.45, 2.75) is 86.5 Å². The molecule has 0 saturated carbocycles. The fourth-order valence-electron chi connectivity index (χ4n) is 2.94. The van der Waals surface area contributed by atoms with Crippen LogP contribution in [0, 0.1) is 10.8 Å². The second kappa shape index (κ2) is 8.09.